The number of ether oxygens (including phenoxy) is 2. The van der Waals surface area contributed by atoms with Gasteiger partial charge in [0.1, 0.15) is 12.6 Å². The molecular formula is C20H21ClFN3O3. The fourth-order valence-electron chi connectivity index (χ4n) is 2.96. The Morgan fingerprint density at radius 1 is 1.18 bits per heavy atom. The van der Waals surface area contributed by atoms with Gasteiger partial charge in [-0.3, -0.25) is 0 Å². The van der Waals surface area contributed by atoms with Crippen LogP contribution in [0.5, 0.6) is 5.75 Å². The summed E-state index contributed by atoms with van der Waals surface area (Å²) in [5.74, 6) is 0.902. The van der Waals surface area contributed by atoms with Gasteiger partial charge in [0.05, 0.1) is 12.7 Å². The Labute approximate surface area is 168 Å². The smallest absolute Gasteiger partial charge is 0.246 e. The molecule has 3 aromatic rings. The molecule has 1 N–H and O–H groups in total. The third-order valence-electron chi connectivity index (χ3n) is 4.47. The Morgan fingerprint density at radius 3 is 2.71 bits per heavy atom. The van der Waals surface area contributed by atoms with Crippen molar-refractivity contribution in [3.63, 3.8) is 0 Å². The molecule has 1 aliphatic heterocycles. The summed E-state index contributed by atoms with van der Waals surface area (Å²) < 4.78 is 30.1. The minimum Gasteiger partial charge on any atom is -0.486 e. The van der Waals surface area contributed by atoms with Crippen LogP contribution in [0.15, 0.2) is 53.1 Å². The van der Waals surface area contributed by atoms with Gasteiger partial charge in [0.25, 0.3) is 0 Å². The average molecular weight is 406 g/mol. The van der Waals surface area contributed by atoms with Crippen molar-refractivity contribution >= 4 is 12.4 Å². The van der Waals surface area contributed by atoms with Crippen LogP contribution in [-0.4, -0.2) is 29.4 Å². The van der Waals surface area contributed by atoms with E-state index < -0.39 is 0 Å². The average Bonchev–Trinajstić information content (AvgIpc) is 3.18. The lowest BCUT2D eigenvalue weighted by molar-refractivity contribution is -0.00136. The van der Waals surface area contributed by atoms with Crippen LogP contribution in [0.3, 0.4) is 0 Å². The first kappa shape index (κ1) is 20.3. The number of hydrogen-bond donors (Lipinski definition) is 1. The quantitative estimate of drug-likeness (QED) is 0.693. The van der Waals surface area contributed by atoms with E-state index in [4.69, 9.17) is 14.0 Å². The van der Waals surface area contributed by atoms with Crippen LogP contribution in [0.4, 0.5) is 4.39 Å². The summed E-state index contributed by atoms with van der Waals surface area (Å²) in [5, 5.41) is 7.40. The predicted molar refractivity (Wildman–Crippen MR) is 104 cm³/mol. The molecular weight excluding hydrogens is 385 g/mol. The number of para-hydroxylation sites is 1. The standard InChI is InChI=1S/C20H20FN3O3.ClH/c1-13-18(22-10-11-25-13)20-23-19(24-27-20)15-8-6-14(7-9-15)12-26-17-5-3-2-4-16(17)21;/h2-9,13,18,22H,10-12H2,1H3;1H/t13-,18+;/m1./s1. The molecule has 6 nitrogen and oxygen atoms in total. The van der Waals surface area contributed by atoms with Gasteiger partial charge in [-0.15, -0.1) is 12.4 Å². The number of benzene rings is 2. The summed E-state index contributed by atoms with van der Waals surface area (Å²) >= 11 is 0. The molecule has 0 radical (unpaired) electrons. The van der Waals surface area contributed by atoms with Gasteiger partial charge < -0.3 is 19.3 Å². The van der Waals surface area contributed by atoms with Gasteiger partial charge in [-0.1, -0.05) is 41.6 Å². The molecule has 1 aliphatic rings. The molecule has 0 unspecified atom stereocenters. The number of halogens is 2. The van der Waals surface area contributed by atoms with Crippen molar-refractivity contribution in [2.45, 2.75) is 25.7 Å². The number of rotatable bonds is 5. The van der Waals surface area contributed by atoms with Crippen molar-refractivity contribution in [3.05, 3.63) is 65.8 Å². The SMILES string of the molecule is C[C@H]1OCCN[C@@H]1c1nc(-c2ccc(COc3ccccc3F)cc2)no1.Cl. The number of hydrogen-bond acceptors (Lipinski definition) is 6. The molecule has 28 heavy (non-hydrogen) atoms. The topological polar surface area (TPSA) is 69.4 Å². The largest absolute Gasteiger partial charge is 0.486 e. The zero-order chi connectivity index (χ0) is 18.6. The van der Waals surface area contributed by atoms with E-state index >= 15 is 0 Å². The predicted octanol–water partition coefficient (Wildman–Crippen LogP) is 3.93. The minimum atomic E-state index is -0.372. The molecule has 0 amide bonds. The second-order valence-electron chi connectivity index (χ2n) is 6.38. The van der Waals surface area contributed by atoms with Crippen molar-refractivity contribution in [3.8, 4) is 17.1 Å². The van der Waals surface area contributed by atoms with Gasteiger partial charge in [0, 0.05) is 12.1 Å². The van der Waals surface area contributed by atoms with E-state index in [0.717, 1.165) is 17.7 Å². The molecule has 0 aliphatic carbocycles. The summed E-state index contributed by atoms with van der Waals surface area (Å²) in [6.45, 7) is 3.68. The van der Waals surface area contributed by atoms with Gasteiger partial charge in [-0.05, 0) is 24.6 Å². The molecule has 4 rings (SSSR count). The highest BCUT2D eigenvalue weighted by Gasteiger charge is 2.28. The van der Waals surface area contributed by atoms with Crippen molar-refractivity contribution in [1.29, 1.82) is 0 Å². The lowest BCUT2D eigenvalue weighted by atomic mass is 10.1. The molecule has 1 fully saturated rings. The molecule has 0 bridgehead atoms. The Morgan fingerprint density at radius 2 is 1.96 bits per heavy atom. The summed E-state index contributed by atoms with van der Waals surface area (Å²) in [7, 11) is 0. The molecule has 0 spiro atoms. The monoisotopic (exact) mass is 405 g/mol. The number of nitrogens with zero attached hydrogens (tertiary/aromatic N) is 2. The van der Waals surface area contributed by atoms with E-state index in [1.54, 1.807) is 18.2 Å². The van der Waals surface area contributed by atoms with Crippen LogP contribution >= 0.6 is 12.4 Å². The van der Waals surface area contributed by atoms with Crippen LogP contribution < -0.4 is 10.1 Å². The van der Waals surface area contributed by atoms with Gasteiger partial charge in [0.2, 0.25) is 11.7 Å². The first-order valence-corrected chi connectivity index (χ1v) is 8.86. The fourth-order valence-corrected chi connectivity index (χ4v) is 2.96. The van der Waals surface area contributed by atoms with E-state index in [2.05, 4.69) is 15.5 Å². The molecule has 0 saturated carbocycles. The van der Waals surface area contributed by atoms with Crippen molar-refractivity contribution in [2.24, 2.45) is 0 Å². The second-order valence-corrected chi connectivity index (χ2v) is 6.38. The van der Waals surface area contributed by atoms with E-state index in [-0.39, 0.29) is 42.7 Å². The number of nitrogens with one attached hydrogen (secondary N) is 1. The summed E-state index contributed by atoms with van der Waals surface area (Å²) in [6, 6.07) is 13.8. The fraction of sp³-hybridized carbons (Fsp3) is 0.300. The van der Waals surface area contributed by atoms with Crippen LogP contribution in [0.1, 0.15) is 24.4 Å². The summed E-state index contributed by atoms with van der Waals surface area (Å²) in [6.07, 6.45) is -0.0232. The van der Waals surface area contributed by atoms with Gasteiger partial charge in [-0.2, -0.15) is 4.98 Å². The highest BCUT2D eigenvalue weighted by atomic mass is 35.5. The highest BCUT2D eigenvalue weighted by molar-refractivity contribution is 5.85. The highest BCUT2D eigenvalue weighted by Crippen LogP contribution is 2.24. The zero-order valence-electron chi connectivity index (χ0n) is 15.3. The Balaban J connectivity index is 0.00000225. The van der Waals surface area contributed by atoms with Crippen LogP contribution in [0, 0.1) is 5.82 Å². The Hall–Kier alpha value is -2.48. The van der Waals surface area contributed by atoms with Crippen LogP contribution in [0.25, 0.3) is 11.4 Å². The maximum atomic E-state index is 13.6. The molecule has 148 valence electrons. The van der Waals surface area contributed by atoms with E-state index in [9.17, 15) is 4.39 Å². The van der Waals surface area contributed by atoms with Crippen LogP contribution in [-0.2, 0) is 11.3 Å². The Bertz CT molecular complexity index is 904. The molecule has 2 aromatic carbocycles. The van der Waals surface area contributed by atoms with Crippen molar-refractivity contribution < 1.29 is 18.4 Å². The third-order valence-corrected chi connectivity index (χ3v) is 4.47. The number of morpholine rings is 1. The normalized spacial score (nSPS) is 19.1. The van der Waals surface area contributed by atoms with Crippen LogP contribution in [0.2, 0.25) is 0 Å². The van der Waals surface area contributed by atoms with E-state index in [1.165, 1.54) is 6.07 Å². The van der Waals surface area contributed by atoms with E-state index in [1.807, 2.05) is 31.2 Å². The van der Waals surface area contributed by atoms with Crippen molar-refractivity contribution in [2.75, 3.05) is 13.2 Å². The second kappa shape index (κ2) is 9.14. The first-order valence-electron chi connectivity index (χ1n) is 8.86. The number of aromatic nitrogens is 2. The first-order chi connectivity index (χ1) is 13.2. The molecule has 2 heterocycles. The maximum absolute atomic E-state index is 13.6. The minimum absolute atomic E-state index is 0. The molecule has 8 heteroatoms. The summed E-state index contributed by atoms with van der Waals surface area (Å²) in [5.41, 5.74) is 1.76. The third kappa shape index (κ3) is 4.49. The van der Waals surface area contributed by atoms with Gasteiger partial charge in [0.15, 0.2) is 11.6 Å². The zero-order valence-corrected chi connectivity index (χ0v) is 16.1. The molecule has 1 saturated heterocycles. The lowest BCUT2D eigenvalue weighted by Crippen LogP contribution is -2.40. The maximum Gasteiger partial charge on any atom is 0.246 e. The van der Waals surface area contributed by atoms with E-state index in [0.29, 0.717) is 18.3 Å². The van der Waals surface area contributed by atoms with Gasteiger partial charge in [-0.25, -0.2) is 4.39 Å². The van der Waals surface area contributed by atoms with Crippen molar-refractivity contribution in [1.82, 2.24) is 15.5 Å². The Kier molecular flexibility index (Phi) is 6.61. The molecule has 2 atom stereocenters. The molecule has 1 aromatic heterocycles. The summed E-state index contributed by atoms with van der Waals surface area (Å²) in [4.78, 5) is 4.49. The lowest BCUT2D eigenvalue weighted by Gasteiger charge is -2.27. The van der Waals surface area contributed by atoms with Gasteiger partial charge >= 0.3 is 0 Å².